The normalized spacial score (nSPS) is 25.7. The highest BCUT2D eigenvalue weighted by Crippen LogP contribution is 2.57. The second-order valence-corrected chi connectivity index (χ2v) is 9.40. The molecule has 2 saturated heterocycles. The van der Waals surface area contributed by atoms with Crippen molar-refractivity contribution in [3.63, 3.8) is 0 Å². The summed E-state index contributed by atoms with van der Waals surface area (Å²) in [5.74, 6) is 0.492. The van der Waals surface area contributed by atoms with E-state index in [0.29, 0.717) is 22.3 Å². The first-order valence-electron chi connectivity index (χ1n) is 10.1. The molecule has 138 valence electrons. The van der Waals surface area contributed by atoms with E-state index < -0.39 is 0 Å². The Labute approximate surface area is 156 Å². The average Bonchev–Trinajstić information content (AvgIpc) is 2.98. The van der Waals surface area contributed by atoms with Crippen LogP contribution in [0, 0.1) is 22.6 Å². The maximum atomic E-state index is 14.0. The van der Waals surface area contributed by atoms with Crippen LogP contribution in [0.25, 0.3) is 5.70 Å². The number of halogens is 1. The maximum Gasteiger partial charge on any atom is 0.132 e. The van der Waals surface area contributed by atoms with Crippen molar-refractivity contribution < 1.29 is 4.39 Å². The lowest BCUT2D eigenvalue weighted by Crippen LogP contribution is -2.61. The highest BCUT2D eigenvalue weighted by molar-refractivity contribution is 5.63. The van der Waals surface area contributed by atoms with Crippen molar-refractivity contribution in [2.45, 2.75) is 38.5 Å². The summed E-state index contributed by atoms with van der Waals surface area (Å²) in [6, 6.07) is 6.97. The molecule has 4 aliphatic rings. The molecule has 0 atom stereocenters. The van der Waals surface area contributed by atoms with Crippen LogP contribution >= 0.6 is 0 Å². The second-order valence-electron chi connectivity index (χ2n) is 9.40. The highest BCUT2D eigenvalue weighted by atomic mass is 19.1. The molecule has 26 heavy (non-hydrogen) atoms. The molecule has 4 fully saturated rings. The smallest absolute Gasteiger partial charge is 0.132 e. The molecule has 1 aromatic carbocycles. The molecular formula is C23H29FN2. The third-order valence-corrected chi connectivity index (χ3v) is 7.71. The van der Waals surface area contributed by atoms with Crippen LogP contribution in [0.5, 0.6) is 0 Å². The number of hydrogen-bond donors (Lipinski definition) is 0. The molecule has 3 heteroatoms. The van der Waals surface area contributed by atoms with Gasteiger partial charge in [-0.2, -0.15) is 0 Å². The van der Waals surface area contributed by atoms with Gasteiger partial charge in [0.2, 0.25) is 0 Å². The minimum Gasteiger partial charge on any atom is -0.374 e. The number of benzene rings is 1. The SMILES string of the molecule is C=C(c1ccccc1F)N1CC2(CC(C(=C)N3CCC4(CCC4)C3)C2)C1. The van der Waals surface area contributed by atoms with Crippen LogP contribution in [0.3, 0.4) is 0 Å². The van der Waals surface area contributed by atoms with Crippen molar-refractivity contribution in [3.8, 4) is 0 Å². The number of likely N-dealkylation sites (tertiary alicyclic amines) is 2. The summed E-state index contributed by atoms with van der Waals surface area (Å²) < 4.78 is 14.0. The summed E-state index contributed by atoms with van der Waals surface area (Å²) in [5, 5.41) is 0. The first kappa shape index (κ1) is 16.4. The fourth-order valence-electron chi connectivity index (χ4n) is 5.82. The van der Waals surface area contributed by atoms with Gasteiger partial charge in [0.15, 0.2) is 0 Å². The minimum atomic E-state index is -0.169. The fraction of sp³-hybridized carbons (Fsp3) is 0.565. The zero-order valence-corrected chi connectivity index (χ0v) is 15.6. The average molecular weight is 352 g/mol. The van der Waals surface area contributed by atoms with Crippen molar-refractivity contribution in [1.29, 1.82) is 0 Å². The maximum absolute atomic E-state index is 14.0. The van der Waals surface area contributed by atoms with Gasteiger partial charge in [-0.15, -0.1) is 0 Å². The predicted molar refractivity (Wildman–Crippen MR) is 104 cm³/mol. The van der Waals surface area contributed by atoms with Crippen molar-refractivity contribution >= 4 is 5.70 Å². The van der Waals surface area contributed by atoms with Gasteiger partial charge >= 0.3 is 0 Å². The summed E-state index contributed by atoms with van der Waals surface area (Å²) in [4.78, 5) is 4.84. The number of hydrogen-bond acceptors (Lipinski definition) is 2. The molecule has 2 aliphatic heterocycles. The van der Waals surface area contributed by atoms with Gasteiger partial charge in [-0.3, -0.25) is 0 Å². The third-order valence-electron chi connectivity index (χ3n) is 7.71. The summed E-state index contributed by atoms with van der Waals surface area (Å²) in [6.07, 6.45) is 8.15. The lowest BCUT2D eigenvalue weighted by Gasteiger charge is -2.61. The van der Waals surface area contributed by atoms with E-state index in [0.717, 1.165) is 18.8 Å². The van der Waals surface area contributed by atoms with Crippen LogP contribution in [0.1, 0.15) is 44.1 Å². The van der Waals surface area contributed by atoms with Crippen LogP contribution in [0.2, 0.25) is 0 Å². The van der Waals surface area contributed by atoms with E-state index in [4.69, 9.17) is 0 Å². The minimum absolute atomic E-state index is 0.169. The number of rotatable bonds is 4. The van der Waals surface area contributed by atoms with E-state index in [1.54, 1.807) is 6.07 Å². The lowest BCUT2D eigenvalue weighted by molar-refractivity contribution is -0.0599. The molecule has 0 N–H and O–H groups in total. The Morgan fingerprint density at radius 3 is 2.27 bits per heavy atom. The Morgan fingerprint density at radius 1 is 0.962 bits per heavy atom. The molecule has 0 radical (unpaired) electrons. The van der Waals surface area contributed by atoms with Crippen LogP contribution in [0.15, 0.2) is 43.1 Å². The standard InChI is InChI=1S/C23H29FN2/c1-17(25-11-10-22(14-25)8-5-9-22)19-12-23(13-19)15-26(16-23)18(2)20-6-3-4-7-21(20)24/h3-4,6-7,19H,1-2,5,8-16H2. The van der Waals surface area contributed by atoms with Gasteiger partial charge in [0.25, 0.3) is 0 Å². The van der Waals surface area contributed by atoms with E-state index in [1.165, 1.54) is 63.4 Å². The summed E-state index contributed by atoms with van der Waals surface area (Å²) >= 11 is 0. The van der Waals surface area contributed by atoms with Crippen molar-refractivity contribution in [2.24, 2.45) is 16.7 Å². The van der Waals surface area contributed by atoms with E-state index in [-0.39, 0.29) is 5.82 Å². The molecule has 1 aromatic rings. The number of allylic oxidation sites excluding steroid dienone is 1. The highest BCUT2D eigenvalue weighted by Gasteiger charge is 2.54. The van der Waals surface area contributed by atoms with Crippen LogP contribution in [-0.4, -0.2) is 36.0 Å². The van der Waals surface area contributed by atoms with Gasteiger partial charge in [-0.05, 0) is 55.6 Å². The van der Waals surface area contributed by atoms with E-state index in [1.807, 2.05) is 12.1 Å². The molecule has 0 amide bonds. The Kier molecular flexibility index (Phi) is 3.54. The molecule has 5 rings (SSSR count). The summed E-state index contributed by atoms with van der Waals surface area (Å²) in [7, 11) is 0. The van der Waals surface area contributed by atoms with Crippen LogP contribution in [-0.2, 0) is 0 Å². The van der Waals surface area contributed by atoms with Crippen molar-refractivity contribution in [1.82, 2.24) is 9.80 Å². The first-order valence-corrected chi connectivity index (χ1v) is 10.1. The zero-order valence-electron chi connectivity index (χ0n) is 15.6. The van der Waals surface area contributed by atoms with Gasteiger partial charge < -0.3 is 9.80 Å². The van der Waals surface area contributed by atoms with E-state index >= 15 is 0 Å². The zero-order chi connectivity index (χ0) is 17.9. The summed E-state index contributed by atoms with van der Waals surface area (Å²) in [6.45, 7) is 13.1. The van der Waals surface area contributed by atoms with Crippen molar-refractivity contribution in [2.75, 3.05) is 26.2 Å². The molecule has 2 saturated carbocycles. The van der Waals surface area contributed by atoms with E-state index in [9.17, 15) is 4.39 Å². The molecule has 2 aliphatic carbocycles. The van der Waals surface area contributed by atoms with Gasteiger partial charge in [0.1, 0.15) is 5.82 Å². The predicted octanol–water partition coefficient (Wildman–Crippen LogP) is 4.90. The fourth-order valence-corrected chi connectivity index (χ4v) is 5.82. The molecule has 0 unspecified atom stereocenters. The molecule has 2 nitrogen and oxygen atoms in total. The molecule has 0 aromatic heterocycles. The first-order chi connectivity index (χ1) is 12.5. The Morgan fingerprint density at radius 2 is 1.65 bits per heavy atom. The van der Waals surface area contributed by atoms with Crippen LogP contribution < -0.4 is 0 Å². The quantitative estimate of drug-likeness (QED) is 0.760. The van der Waals surface area contributed by atoms with Crippen molar-refractivity contribution in [3.05, 3.63) is 54.5 Å². The monoisotopic (exact) mass is 352 g/mol. The molecular weight excluding hydrogens is 323 g/mol. The third kappa shape index (κ3) is 2.43. The lowest BCUT2D eigenvalue weighted by atomic mass is 9.56. The van der Waals surface area contributed by atoms with Gasteiger partial charge in [0, 0.05) is 48.6 Å². The molecule has 0 bridgehead atoms. The Balaban J connectivity index is 1.14. The van der Waals surface area contributed by atoms with Gasteiger partial charge in [0.05, 0.1) is 0 Å². The molecule has 2 heterocycles. The van der Waals surface area contributed by atoms with Crippen LogP contribution in [0.4, 0.5) is 4.39 Å². The van der Waals surface area contributed by atoms with E-state index in [2.05, 4.69) is 23.0 Å². The largest absolute Gasteiger partial charge is 0.374 e. The molecule has 2 spiro atoms. The summed E-state index contributed by atoms with van der Waals surface area (Å²) in [5.41, 5.74) is 3.95. The Hall–Kier alpha value is -1.77. The number of nitrogens with zero attached hydrogens (tertiary/aromatic N) is 2. The topological polar surface area (TPSA) is 6.48 Å². The Bertz CT molecular complexity index is 749. The van der Waals surface area contributed by atoms with Gasteiger partial charge in [-0.25, -0.2) is 4.39 Å². The second kappa shape index (κ2) is 5.61. The van der Waals surface area contributed by atoms with Gasteiger partial charge in [-0.1, -0.05) is 31.7 Å².